The van der Waals surface area contributed by atoms with Gasteiger partial charge in [0.25, 0.3) is 5.97 Å². The van der Waals surface area contributed by atoms with Crippen LogP contribution in [0, 0.1) is 6.54 Å². The number of rotatable bonds is 4. The fraction of sp³-hybridized carbons (Fsp3) is 0.600. The van der Waals surface area contributed by atoms with Crippen molar-refractivity contribution >= 4 is 13.0 Å². The van der Waals surface area contributed by atoms with Gasteiger partial charge in [0.1, 0.15) is 0 Å². The minimum Gasteiger partial charge on any atom is -0.483 e. The number of nitrogens with zero attached hydrogens (tertiary/aromatic N) is 1. The molecular weight excluding hydrogens is 211 g/mol. The maximum absolute atomic E-state index is 9.99. The Morgan fingerprint density at radius 3 is 2.25 bits per heavy atom. The van der Waals surface area contributed by atoms with Crippen molar-refractivity contribution in [3.05, 3.63) is 6.54 Å². The van der Waals surface area contributed by atoms with E-state index in [2.05, 4.69) is 0 Å². The maximum Gasteiger partial charge on any atom is 1.00 e. The van der Waals surface area contributed by atoms with Crippen molar-refractivity contribution in [3.63, 3.8) is 0 Å². The molecule has 0 rings (SSSR count). The summed E-state index contributed by atoms with van der Waals surface area (Å²) in [6.07, 6.45) is -0.0542. The topological polar surface area (TPSA) is 60.8 Å². The first-order chi connectivity index (χ1) is 4.54. The van der Waals surface area contributed by atoms with Crippen molar-refractivity contribution < 1.29 is 118 Å². The molecule has 2 N–H and O–H groups in total. The van der Waals surface area contributed by atoms with E-state index in [1.54, 1.807) is 13.9 Å². The van der Waals surface area contributed by atoms with Crippen molar-refractivity contribution in [2.24, 2.45) is 0 Å². The van der Waals surface area contributed by atoms with Gasteiger partial charge < -0.3 is 14.9 Å². The molecule has 0 bridgehead atoms. The summed E-state index contributed by atoms with van der Waals surface area (Å²) in [4.78, 5) is 11.4. The van der Waals surface area contributed by atoms with Crippen LogP contribution in [-0.2, 0) is 4.79 Å². The van der Waals surface area contributed by atoms with Gasteiger partial charge >= 0.3 is 110 Å². The molecule has 7 heteroatoms. The minimum absolute atomic E-state index is 0. The van der Waals surface area contributed by atoms with Gasteiger partial charge in [-0.2, -0.15) is 0 Å². The van der Waals surface area contributed by atoms with Crippen molar-refractivity contribution in [2.45, 2.75) is 13.2 Å². The molecule has 0 aliphatic rings. The molecule has 0 unspecified atom stereocenters. The Hall–Kier alpha value is 2.73. The second-order valence-electron chi connectivity index (χ2n) is 2.08. The van der Waals surface area contributed by atoms with E-state index in [1.165, 1.54) is 11.4 Å². The van der Waals surface area contributed by atoms with E-state index in [4.69, 9.17) is 10.1 Å². The van der Waals surface area contributed by atoms with Gasteiger partial charge in [-0.25, -0.2) is 0 Å². The van der Waals surface area contributed by atoms with Crippen LogP contribution in [0.15, 0.2) is 0 Å². The zero-order chi connectivity index (χ0) is 8.15. The van der Waals surface area contributed by atoms with Crippen LogP contribution in [0.5, 0.6) is 0 Å². The van der Waals surface area contributed by atoms with E-state index in [0.717, 1.165) is 0 Å². The van der Waals surface area contributed by atoms with E-state index < -0.39 is 13.0 Å². The summed E-state index contributed by atoms with van der Waals surface area (Å²) in [6.45, 7) is 2.99. The first-order valence-corrected chi connectivity index (χ1v) is 2.99. The molecule has 0 amide bonds. The summed E-state index contributed by atoms with van der Waals surface area (Å²) in [7, 11) is 0.993. The van der Waals surface area contributed by atoms with E-state index in [1.807, 2.05) is 0 Å². The molecule has 0 aliphatic heterocycles. The predicted octanol–water partition coefficient (Wildman–Crippen LogP) is -6.33. The van der Waals surface area contributed by atoms with Crippen molar-refractivity contribution in [3.8, 4) is 0 Å². The van der Waals surface area contributed by atoms with Gasteiger partial charge in [-0.3, -0.25) is 11.3 Å². The van der Waals surface area contributed by atoms with E-state index in [0.29, 0.717) is 0 Å². The van der Waals surface area contributed by atoms with Gasteiger partial charge in [-0.05, 0) is 6.82 Å². The van der Waals surface area contributed by atoms with Crippen LogP contribution in [0.2, 0.25) is 6.82 Å². The Kier molecular flexibility index (Phi) is 19.8. The number of carbonyl (C=O) groups is 1. The molecule has 58 valence electrons. The molecule has 4 nitrogen and oxygen atoms in total. The molecule has 0 fully saturated rings. The largest absolute Gasteiger partial charge is 1.00 e. The van der Waals surface area contributed by atoms with Crippen LogP contribution < -0.4 is 103 Å². The Labute approximate surface area is 158 Å². The molecular formula is C5H11BK2NO3+. The third kappa shape index (κ3) is 12.7. The Balaban J connectivity index is -0.000000405. The average molecular weight is 222 g/mol. The summed E-state index contributed by atoms with van der Waals surface area (Å²) in [5.74, 6) is -0.896. The monoisotopic (exact) mass is 222 g/mol. The van der Waals surface area contributed by atoms with Gasteiger partial charge in [0.05, 0.1) is 0 Å². The summed E-state index contributed by atoms with van der Waals surface area (Å²) >= 11 is 0. The summed E-state index contributed by atoms with van der Waals surface area (Å²) in [5, 5.41) is 17.0. The van der Waals surface area contributed by atoms with Gasteiger partial charge in [-0.1, -0.05) is 13.5 Å². The molecule has 0 aliphatic carbocycles. The van der Waals surface area contributed by atoms with Crippen molar-refractivity contribution in [1.29, 1.82) is 0 Å². The molecule has 0 aromatic carbocycles. The molecule has 0 saturated carbocycles. The quantitative estimate of drug-likeness (QED) is 0.367. The fourth-order valence-electron chi connectivity index (χ4n) is 0.375. The van der Waals surface area contributed by atoms with Crippen LogP contribution in [0.1, 0.15) is 6.42 Å². The molecule has 0 aromatic rings. The van der Waals surface area contributed by atoms with Crippen molar-refractivity contribution in [1.82, 2.24) is 4.81 Å². The van der Waals surface area contributed by atoms with E-state index in [-0.39, 0.29) is 109 Å². The third-order valence-electron chi connectivity index (χ3n) is 1.14. The van der Waals surface area contributed by atoms with E-state index in [9.17, 15) is 4.79 Å². The smallest absolute Gasteiger partial charge is 0.483 e. The predicted molar refractivity (Wildman–Crippen MR) is 38.2 cm³/mol. The van der Waals surface area contributed by atoms with Gasteiger partial charge in [0.2, 0.25) is 0 Å². The number of hydrogen-bond donors (Lipinski definition) is 2. The Morgan fingerprint density at radius 2 is 2.00 bits per heavy atom. The van der Waals surface area contributed by atoms with Gasteiger partial charge in [0, 0.05) is 0 Å². The van der Waals surface area contributed by atoms with Gasteiger partial charge in [-0.15, -0.1) is 0 Å². The number of aliphatic carboxylic acids is 1. The zero-order valence-corrected chi connectivity index (χ0v) is 14.4. The van der Waals surface area contributed by atoms with Crippen LogP contribution >= 0.6 is 0 Å². The van der Waals surface area contributed by atoms with Gasteiger partial charge in [0.15, 0.2) is 0 Å². The minimum atomic E-state index is -0.896. The van der Waals surface area contributed by atoms with Crippen LogP contribution in [0.4, 0.5) is 0 Å². The standard InChI is InChI=1S/C5H11BNO3.2K/c1-6(10)7(2)4-3-5(8)9;;/h4,10H,3H2,1-2H3,(H,8,9);;/q-1;2*+1. The van der Waals surface area contributed by atoms with Crippen LogP contribution in [0.3, 0.4) is 0 Å². The average Bonchev–Trinajstić information content (AvgIpc) is 1.82. The molecule has 0 spiro atoms. The molecule has 0 saturated heterocycles. The van der Waals surface area contributed by atoms with E-state index >= 15 is 0 Å². The number of carboxylic acid groups (broad SMARTS) is 1. The molecule has 0 aromatic heterocycles. The van der Waals surface area contributed by atoms with Crippen molar-refractivity contribution in [2.75, 3.05) is 7.05 Å². The summed E-state index contributed by atoms with van der Waals surface area (Å²) in [6, 6.07) is 0. The maximum atomic E-state index is 9.99. The number of hydrogen-bond acceptors (Lipinski definition) is 3. The Morgan fingerprint density at radius 1 is 1.58 bits per heavy atom. The fourth-order valence-corrected chi connectivity index (χ4v) is 0.375. The second kappa shape index (κ2) is 11.8. The Bertz CT molecular complexity index is 125. The molecule has 0 atom stereocenters. The zero-order valence-electron chi connectivity index (χ0n) is 8.11. The van der Waals surface area contributed by atoms with Crippen LogP contribution in [0.25, 0.3) is 0 Å². The van der Waals surface area contributed by atoms with Crippen LogP contribution in [-0.4, -0.2) is 35.0 Å². The SMILES string of the molecule is CB(O)N(C)[CH-]CC(=O)O.[K+].[K+]. The first-order valence-electron chi connectivity index (χ1n) is 2.99. The third-order valence-corrected chi connectivity index (χ3v) is 1.14. The number of carboxylic acids is 1. The summed E-state index contributed by atoms with van der Waals surface area (Å²) < 4.78 is 0. The molecule has 12 heavy (non-hydrogen) atoms. The second-order valence-corrected chi connectivity index (χ2v) is 2.08. The molecule has 0 radical (unpaired) electrons. The molecule has 0 heterocycles. The normalized spacial score (nSPS) is 8.33. The summed E-state index contributed by atoms with van der Waals surface area (Å²) in [5.41, 5.74) is 0. The first kappa shape index (κ1) is 20.2.